The van der Waals surface area contributed by atoms with E-state index in [0.717, 1.165) is 25.7 Å². The number of imide groups is 1. The number of rotatable bonds is 4. The molecule has 2 aliphatic heterocycles. The molecular weight excluding hydrogens is 382 g/mol. The lowest BCUT2D eigenvalue weighted by atomic mass is 9.67. The fourth-order valence-corrected chi connectivity index (χ4v) is 5.09. The third kappa shape index (κ3) is 4.43. The van der Waals surface area contributed by atoms with Gasteiger partial charge in [0.05, 0.1) is 6.67 Å². The molecule has 0 aromatic rings. The standard InChI is InChI=1S/C22H39N5O3/c1-6-25(7-2)20(30)26-14-12-24(13-15-26)16-27-18(28)22(23-19(27)29)10-8-17(9-11-22)21(3,4)5/h17H,6-16H2,1-5H3,(H,23,29). The van der Waals surface area contributed by atoms with Crippen molar-refractivity contribution in [2.45, 2.75) is 65.8 Å². The van der Waals surface area contributed by atoms with Gasteiger partial charge in [-0.05, 0) is 50.9 Å². The van der Waals surface area contributed by atoms with Crippen molar-refractivity contribution in [1.29, 1.82) is 0 Å². The van der Waals surface area contributed by atoms with Gasteiger partial charge in [0.2, 0.25) is 0 Å². The quantitative estimate of drug-likeness (QED) is 0.708. The molecule has 3 aliphatic rings. The second-order valence-electron chi connectivity index (χ2n) is 10.1. The second-order valence-corrected chi connectivity index (χ2v) is 10.1. The third-order valence-electron chi connectivity index (χ3n) is 7.33. The Labute approximate surface area is 180 Å². The highest BCUT2D eigenvalue weighted by atomic mass is 16.2. The zero-order valence-electron chi connectivity index (χ0n) is 19.4. The summed E-state index contributed by atoms with van der Waals surface area (Å²) in [5, 5.41) is 3.03. The molecule has 1 N–H and O–H groups in total. The predicted molar refractivity (Wildman–Crippen MR) is 116 cm³/mol. The Bertz CT molecular complexity index is 654. The van der Waals surface area contributed by atoms with Crippen molar-refractivity contribution in [2.75, 3.05) is 45.9 Å². The molecule has 2 saturated heterocycles. The van der Waals surface area contributed by atoms with Gasteiger partial charge in [0.1, 0.15) is 5.54 Å². The van der Waals surface area contributed by atoms with Crippen molar-refractivity contribution in [3.8, 4) is 0 Å². The van der Waals surface area contributed by atoms with Gasteiger partial charge in [-0.25, -0.2) is 14.5 Å². The molecule has 3 fully saturated rings. The summed E-state index contributed by atoms with van der Waals surface area (Å²) in [7, 11) is 0. The van der Waals surface area contributed by atoms with Crippen LogP contribution in [-0.2, 0) is 4.79 Å². The Kier molecular flexibility index (Phi) is 6.65. The van der Waals surface area contributed by atoms with Crippen molar-refractivity contribution < 1.29 is 14.4 Å². The molecule has 2 heterocycles. The molecule has 0 aromatic carbocycles. The van der Waals surface area contributed by atoms with Crippen LogP contribution in [-0.4, -0.2) is 89.0 Å². The second kappa shape index (κ2) is 8.73. The first-order chi connectivity index (χ1) is 14.1. The minimum absolute atomic E-state index is 0.0680. The molecule has 170 valence electrons. The van der Waals surface area contributed by atoms with E-state index >= 15 is 0 Å². The molecule has 1 spiro atoms. The van der Waals surface area contributed by atoms with Gasteiger partial charge < -0.3 is 15.1 Å². The molecule has 0 unspecified atom stereocenters. The number of hydrogen-bond acceptors (Lipinski definition) is 4. The number of piperazine rings is 1. The summed E-state index contributed by atoms with van der Waals surface area (Å²) in [5.74, 6) is 0.514. The summed E-state index contributed by atoms with van der Waals surface area (Å²) in [4.78, 5) is 45.6. The van der Waals surface area contributed by atoms with E-state index in [2.05, 4.69) is 31.0 Å². The van der Waals surface area contributed by atoms with Gasteiger partial charge in [0.15, 0.2) is 0 Å². The van der Waals surface area contributed by atoms with Gasteiger partial charge in [-0.1, -0.05) is 20.8 Å². The number of hydrogen-bond donors (Lipinski definition) is 1. The lowest BCUT2D eigenvalue weighted by Crippen LogP contribution is -2.55. The van der Waals surface area contributed by atoms with Crippen molar-refractivity contribution in [3.63, 3.8) is 0 Å². The Balaban J connectivity index is 1.54. The fraction of sp³-hybridized carbons (Fsp3) is 0.864. The van der Waals surface area contributed by atoms with E-state index in [4.69, 9.17) is 0 Å². The maximum Gasteiger partial charge on any atom is 0.326 e. The SMILES string of the molecule is CCN(CC)C(=O)N1CCN(CN2C(=O)NC3(CCC(C(C)(C)C)CC3)C2=O)CC1. The highest BCUT2D eigenvalue weighted by molar-refractivity contribution is 6.07. The Morgan fingerprint density at radius 3 is 2.13 bits per heavy atom. The van der Waals surface area contributed by atoms with Crippen molar-refractivity contribution in [3.05, 3.63) is 0 Å². The normalized spacial score (nSPS) is 28.2. The molecule has 30 heavy (non-hydrogen) atoms. The first-order valence-corrected chi connectivity index (χ1v) is 11.5. The highest BCUT2D eigenvalue weighted by Gasteiger charge is 2.53. The first kappa shape index (κ1) is 22.8. The zero-order chi connectivity index (χ0) is 22.1. The van der Waals surface area contributed by atoms with Gasteiger partial charge in [-0.2, -0.15) is 0 Å². The van der Waals surface area contributed by atoms with Crippen LogP contribution in [0.15, 0.2) is 0 Å². The molecule has 3 rings (SSSR count). The van der Waals surface area contributed by atoms with Gasteiger partial charge in [-0.15, -0.1) is 0 Å². The Morgan fingerprint density at radius 2 is 1.63 bits per heavy atom. The van der Waals surface area contributed by atoms with E-state index in [1.165, 1.54) is 4.90 Å². The smallest absolute Gasteiger partial charge is 0.325 e. The van der Waals surface area contributed by atoms with Crippen LogP contribution in [0.2, 0.25) is 0 Å². The average molecular weight is 422 g/mol. The van der Waals surface area contributed by atoms with Crippen LogP contribution in [0.25, 0.3) is 0 Å². The van der Waals surface area contributed by atoms with E-state index in [-0.39, 0.29) is 23.4 Å². The monoisotopic (exact) mass is 421 g/mol. The number of nitrogens with zero attached hydrogens (tertiary/aromatic N) is 4. The molecule has 1 aliphatic carbocycles. The van der Waals surface area contributed by atoms with Crippen molar-refractivity contribution in [2.24, 2.45) is 11.3 Å². The first-order valence-electron chi connectivity index (χ1n) is 11.5. The zero-order valence-corrected chi connectivity index (χ0v) is 19.4. The average Bonchev–Trinajstić information content (AvgIpc) is 2.93. The summed E-state index contributed by atoms with van der Waals surface area (Å²) in [6, 6.07) is -0.194. The van der Waals surface area contributed by atoms with E-state index in [9.17, 15) is 14.4 Å². The summed E-state index contributed by atoms with van der Waals surface area (Å²) in [6.45, 7) is 15.0. The topological polar surface area (TPSA) is 76.2 Å². The lowest BCUT2D eigenvalue weighted by molar-refractivity contribution is -0.134. The molecule has 1 saturated carbocycles. The van der Waals surface area contributed by atoms with E-state index in [1.807, 2.05) is 23.6 Å². The van der Waals surface area contributed by atoms with Crippen LogP contribution in [0.5, 0.6) is 0 Å². The van der Waals surface area contributed by atoms with Crippen LogP contribution < -0.4 is 5.32 Å². The maximum atomic E-state index is 13.2. The largest absolute Gasteiger partial charge is 0.326 e. The van der Waals surface area contributed by atoms with Crippen molar-refractivity contribution >= 4 is 18.0 Å². The van der Waals surface area contributed by atoms with Gasteiger partial charge in [0.25, 0.3) is 5.91 Å². The van der Waals surface area contributed by atoms with Crippen LogP contribution in [0, 0.1) is 11.3 Å². The van der Waals surface area contributed by atoms with Crippen LogP contribution >= 0.6 is 0 Å². The Hall–Kier alpha value is -1.83. The molecule has 0 bridgehead atoms. The highest BCUT2D eigenvalue weighted by Crippen LogP contribution is 2.43. The molecule has 5 amide bonds. The van der Waals surface area contributed by atoms with E-state index in [1.54, 1.807) is 0 Å². The van der Waals surface area contributed by atoms with Gasteiger partial charge in [-0.3, -0.25) is 9.69 Å². The van der Waals surface area contributed by atoms with E-state index in [0.29, 0.717) is 51.9 Å². The lowest BCUT2D eigenvalue weighted by Gasteiger charge is -2.41. The minimum atomic E-state index is -0.709. The van der Waals surface area contributed by atoms with Gasteiger partial charge in [0, 0.05) is 39.3 Å². The Morgan fingerprint density at radius 1 is 1.07 bits per heavy atom. The molecule has 8 nitrogen and oxygen atoms in total. The van der Waals surface area contributed by atoms with E-state index < -0.39 is 5.54 Å². The fourth-order valence-electron chi connectivity index (χ4n) is 5.09. The van der Waals surface area contributed by atoms with Crippen molar-refractivity contribution in [1.82, 2.24) is 24.9 Å². The van der Waals surface area contributed by atoms with Crippen LogP contribution in [0.3, 0.4) is 0 Å². The summed E-state index contributed by atoms with van der Waals surface area (Å²) < 4.78 is 0. The number of nitrogens with one attached hydrogen (secondary N) is 1. The molecule has 8 heteroatoms. The summed E-state index contributed by atoms with van der Waals surface area (Å²) >= 11 is 0. The van der Waals surface area contributed by atoms with Crippen LogP contribution in [0.4, 0.5) is 9.59 Å². The molecule has 0 aromatic heterocycles. The molecule has 0 atom stereocenters. The predicted octanol–water partition coefficient (Wildman–Crippen LogP) is 2.55. The third-order valence-corrected chi connectivity index (χ3v) is 7.33. The summed E-state index contributed by atoms with van der Waals surface area (Å²) in [5.41, 5.74) is -0.478. The van der Waals surface area contributed by atoms with Gasteiger partial charge >= 0.3 is 12.1 Å². The maximum absolute atomic E-state index is 13.2. The minimum Gasteiger partial charge on any atom is -0.325 e. The molecular formula is C22H39N5O3. The summed E-state index contributed by atoms with van der Waals surface area (Å²) in [6.07, 6.45) is 3.38. The number of carbonyl (C=O) groups is 3. The number of amides is 5. The molecule has 0 radical (unpaired) electrons. The number of carbonyl (C=O) groups excluding carboxylic acids is 3. The van der Waals surface area contributed by atoms with Crippen LogP contribution in [0.1, 0.15) is 60.3 Å². The number of urea groups is 2.